The van der Waals surface area contributed by atoms with Crippen LogP contribution in [-0.2, 0) is 9.63 Å². The molecule has 0 aliphatic heterocycles. The van der Waals surface area contributed by atoms with Gasteiger partial charge in [-0.15, -0.1) is 0 Å². The quantitative estimate of drug-likeness (QED) is 0.371. The van der Waals surface area contributed by atoms with E-state index in [1.807, 2.05) is 6.92 Å². The summed E-state index contributed by atoms with van der Waals surface area (Å²) in [6.07, 6.45) is 4.76. The van der Waals surface area contributed by atoms with Crippen LogP contribution in [0.3, 0.4) is 0 Å². The summed E-state index contributed by atoms with van der Waals surface area (Å²) in [7, 11) is 0. The van der Waals surface area contributed by atoms with Crippen LogP contribution >= 0.6 is 0 Å². The fraction of sp³-hybridized carbons (Fsp3) is 0.889. The lowest BCUT2D eigenvalue weighted by molar-refractivity contribution is -0.133. The molecule has 0 aliphatic rings. The van der Waals surface area contributed by atoms with Crippen LogP contribution in [0.1, 0.15) is 46.0 Å². The second-order valence-corrected chi connectivity index (χ2v) is 2.83. The predicted octanol–water partition coefficient (Wildman–Crippen LogP) is 1.64. The topological polar surface area (TPSA) is 38.3 Å². The van der Waals surface area contributed by atoms with Gasteiger partial charge < -0.3 is 0 Å². The van der Waals surface area contributed by atoms with Gasteiger partial charge in [0, 0.05) is 14.8 Å². The summed E-state index contributed by atoms with van der Waals surface area (Å²) in [5.41, 5.74) is 2.40. The van der Waals surface area contributed by atoms with Crippen LogP contribution in [0.5, 0.6) is 0 Å². The standard InChI is InChI=1S/C9H19NO2.B/c1-3-5-6-8-12-10-9(11)7-4-2;/h3-8H2,1-2H3,(H,10,11);. The Morgan fingerprint density at radius 2 is 1.92 bits per heavy atom. The van der Waals surface area contributed by atoms with Crippen LogP contribution in [0.25, 0.3) is 0 Å². The Bertz CT molecular complexity index is 120. The van der Waals surface area contributed by atoms with Crippen LogP contribution in [0.2, 0.25) is 0 Å². The maximum absolute atomic E-state index is 10.8. The van der Waals surface area contributed by atoms with Crippen LogP contribution in [0.4, 0.5) is 0 Å². The molecule has 0 aliphatic carbocycles. The molecule has 0 fully saturated rings. The van der Waals surface area contributed by atoms with Crippen molar-refractivity contribution in [3.8, 4) is 0 Å². The van der Waals surface area contributed by atoms with E-state index in [1.165, 1.54) is 6.42 Å². The minimum Gasteiger partial charge on any atom is -0.274 e. The number of carbonyl (C=O) groups excluding carboxylic acids is 1. The molecule has 0 rings (SSSR count). The summed E-state index contributed by atoms with van der Waals surface area (Å²) in [4.78, 5) is 15.8. The molecule has 3 nitrogen and oxygen atoms in total. The van der Waals surface area contributed by atoms with Gasteiger partial charge >= 0.3 is 0 Å². The number of carbonyl (C=O) groups is 1. The predicted molar refractivity (Wildman–Crippen MR) is 54.3 cm³/mol. The molecule has 13 heavy (non-hydrogen) atoms. The van der Waals surface area contributed by atoms with Gasteiger partial charge in [0.1, 0.15) is 0 Å². The lowest BCUT2D eigenvalue weighted by Gasteiger charge is -2.03. The van der Waals surface area contributed by atoms with Crippen LogP contribution in [0, 0.1) is 0 Å². The number of nitrogens with one attached hydrogen (secondary N) is 1. The Kier molecular flexibility index (Phi) is 13.3. The average molecular weight is 184 g/mol. The Morgan fingerprint density at radius 3 is 2.46 bits per heavy atom. The minimum absolute atomic E-state index is 0. The SMILES string of the molecule is CCCCCONC(=O)CCC.[B]. The highest BCUT2D eigenvalue weighted by molar-refractivity contribution is 5.75. The fourth-order valence-electron chi connectivity index (χ4n) is 0.834. The lowest BCUT2D eigenvalue weighted by Crippen LogP contribution is -2.23. The molecule has 0 unspecified atom stereocenters. The Morgan fingerprint density at radius 1 is 1.23 bits per heavy atom. The molecule has 0 saturated carbocycles. The number of hydroxylamine groups is 1. The van der Waals surface area contributed by atoms with E-state index in [0.717, 1.165) is 19.3 Å². The monoisotopic (exact) mass is 184 g/mol. The van der Waals surface area contributed by atoms with E-state index < -0.39 is 0 Å². The molecular formula is C9H19BNO2. The van der Waals surface area contributed by atoms with Crippen molar-refractivity contribution in [3.05, 3.63) is 0 Å². The zero-order chi connectivity index (χ0) is 9.23. The largest absolute Gasteiger partial charge is 0.274 e. The lowest BCUT2D eigenvalue weighted by atomic mass is 10.3. The average Bonchev–Trinajstić information content (AvgIpc) is 2.05. The number of rotatable bonds is 7. The van der Waals surface area contributed by atoms with Crippen molar-refractivity contribution >= 4 is 14.3 Å². The number of hydrogen-bond donors (Lipinski definition) is 1. The van der Waals surface area contributed by atoms with Crippen molar-refractivity contribution in [2.45, 2.75) is 46.0 Å². The summed E-state index contributed by atoms with van der Waals surface area (Å²) < 4.78 is 0. The first-order chi connectivity index (χ1) is 5.81. The first-order valence-corrected chi connectivity index (χ1v) is 4.71. The van der Waals surface area contributed by atoms with Crippen molar-refractivity contribution in [2.75, 3.05) is 6.61 Å². The van der Waals surface area contributed by atoms with E-state index in [1.54, 1.807) is 0 Å². The third-order valence-corrected chi connectivity index (χ3v) is 1.51. The van der Waals surface area contributed by atoms with E-state index in [4.69, 9.17) is 4.84 Å². The number of hydrogen-bond acceptors (Lipinski definition) is 2. The van der Waals surface area contributed by atoms with Crippen molar-refractivity contribution in [3.63, 3.8) is 0 Å². The van der Waals surface area contributed by atoms with Crippen molar-refractivity contribution < 1.29 is 9.63 Å². The second-order valence-electron chi connectivity index (χ2n) is 2.83. The fourth-order valence-corrected chi connectivity index (χ4v) is 0.834. The summed E-state index contributed by atoms with van der Waals surface area (Å²) in [6.45, 7) is 4.73. The van der Waals surface area contributed by atoms with Gasteiger partial charge in [0.25, 0.3) is 0 Å². The summed E-state index contributed by atoms with van der Waals surface area (Å²) in [5, 5.41) is 0. The molecule has 1 amide bonds. The molecular weight excluding hydrogens is 165 g/mol. The zero-order valence-corrected chi connectivity index (χ0v) is 8.64. The molecule has 75 valence electrons. The molecule has 0 aromatic rings. The molecule has 0 heterocycles. The van der Waals surface area contributed by atoms with E-state index in [0.29, 0.717) is 13.0 Å². The van der Waals surface area contributed by atoms with E-state index in [-0.39, 0.29) is 14.3 Å². The van der Waals surface area contributed by atoms with Gasteiger partial charge in [-0.25, -0.2) is 5.48 Å². The Hall–Kier alpha value is -0.505. The third kappa shape index (κ3) is 11.5. The van der Waals surface area contributed by atoms with Gasteiger partial charge in [0.15, 0.2) is 0 Å². The summed E-state index contributed by atoms with van der Waals surface area (Å²) in [6, 6.07) is 0. The molecule has 4 heteroatoms. The van der Waals surface area contributed by atoms with Crippen molar-refractivity contribution in [1.29, 1.82) is 0 Å². The molecule has 0 aromatic carbocycles. The summed E-state index contributed by atoms with van der Waals surface area (Å²) in [5.74, 6) is -0.0194. The highest BCUT2D eigenvalue weighted by Gasteiger charge is 1.96. The van der Waals surface area contributed by atoms with Crippen LogP contribution in [0.15, 0.2) is 0 Å². The molecule has 0 bridgehead atoms. The Balaban J connectivity index is 0. The first kappa shape index (κ1) is 15.0. The zero-order valence-electron chi connectivity index (χ0n) is 8.64. The second kappa shape index (κ2) is 11.5. The van der Waals surface area contributed by atoms with Crippen molar-refractivity contribution in [2.24, 2.45) is 0 Å². The smallest absolute Gasteiger partial charge is 0.243 e. The number of unbranched alkanes of at least 4 members (excludes halogenated alkanes) is 2. The van der Waals surface area contributed by atoms with Crippen molar-refractivity contribution in [1.82, 2.24) is 5.48 Å². The highest BCUT2D eigenvalue weighted by atomic mass is 16.6. The molecule has 3 radical (unpaired) electrons. The maximum Gasteiger partial charge on any atom is 0.243 e. The molecule has 0 saturated heterocycles. The third-order valence-electron chi connectivity index (χ3n) is 1.51. The van der Waals surface area contributed by atoms with E-state index in [9.17, 15) is 4.79 Å². The van der Waals surface area contributed by atoms with Gasteiger partial charge in [0.05, 0.1) is 6.61 Å². The normalized spacial score (nSPS) is 9.08. The molecule has 0 spiro atoms. The molecule has 1 N–H and O–H groups in total. The van der Waals surface area contributed by atoms with E-state index >= 15 is 0 Å². The van der Waals surface area contributed by atoms with Gasteiger partial charge in [-0.3, -0.25) is 9.63 Å². The Labute approximate surface area is 82.8 Å². The highest BCUT2D eigenvalue weighted by Crippen LogP contribution is 1.93. The molecule has 0 atom stereocenters. The van der Waals surface area contributed by atoms with Crippen LogP contribution in [-0.4, -0.2) is 20.9 Å². The maximum atomic E-state index is 10.8. The van der Waals surface area contributed by atoms with Crippen LogP contribution < -0.4 is 5.48 Å². The van der Waals surface area contributed by atoms with Gasteiger partial charge in [0.2, 0.25) is 5.91 Å². The summed E-state index contributed by atoms with van der Waals surface area (Å²) >= 11 is 0. The van der Waals surface area contributed by atoms with Gasteiger partial charge in [-0.2, -0.15) is 0 Å². The van der Waals surface area contributed by atoms with E-state index in [2.05, 4.69) is 12.4 Å². The number of amides is 1. The minimum atomic E-state index is -0.0194. The molecule has 0 aromatic heterocycles. The van der Waals surface area contributed by atoms with Gasteiger partial charge in [-0.05, 0) is 12.8 Å². The first-order valence-electron chi connectivity index (χ1n) is 4.71. The van der Waals surface area contributed by atoms with Gasteiger partial charge in [-0.1, -0.05) is 26.7 Å².